The van der Waals surface area contributed by atoms with Crippen LogP contribution in [0.1, 0.15) is 27.4 Å². The summed E-state index contributed by atoms with van der Waals surface area (Å²) in [5.74, 6) is 0.545. The number of amides is 1. The summed E-state index contributed by atoms with van der Waals surface area (Å²) in [6.45, 7) is 2.85. The molecule has 6 nitrogen and oxygen atoms in total. The lowest BCUT2D eigenvalue weighted by atomic mass is 10.1. The molecule has 0 saturated heterocycles. The summed E-state index contributed by atoms with van der Waals surface area (Å²) in [5, 5.41) is 0. The highest BCUT2D eigenvalue weighted by atomic mass is 16.3. The van der Waals surface area contributed by atoms with Gasteiger partial charge in [-0.2, -0.15) is 0 Å². The van der Waals surface area contributed by atoms with Crippen molar-refractivity contribution in [1.29, 1.82) is 0 Å². The first kappa shape index (κ1) is 12.7. The van der Waals surface area contributed by atoms with E-state index in [-0.39, 0.29) is 11.5 Å². The van der Waals surface area contributed by atoms with E-state index < -0.39 is 0 Å². The van der Waals surface area contributed by atoms with E-state index in [4.69, 9.17) is 4.42 Å². The molecule has 104 valence electrons. The van der Waals surface area contributed by atoms with Gasteiger partial charge in [-0.3, -0.25) is 9.59 Å². The van der Waals surface area contributed by atoms with Crippen LogP contribution in [0.15, 0.2) is 27.8 Å². The predicted octanol–water partition coefficient (Wildman–Crippen LogP) is 0.912. The minimum absolute atomic E-state index is 0.0697. The molecule has 1 aliphatic heterocycles. The van der Waals surface area contributed by atoms with Gasteiger partial charge in [0.2, 0.25) is 0 Å². The van der Waals surface area contributed by atoms with Crippen molar-refractivity contribution in [3.05, 3.63) is 51.6 Å². The molecular formula is C14H15N3O3. The Labute approximate surface area is 115 Å². The lowest BCUT2D eigenvalue weighted by Crippen LogP contribution is -2.33. The van der Waals surface area contributed by atoms with Gasteiger partial charge in [0.15, 0.2) is 0 Å². The Balaban J connectivity index is 1.84. The van der Waals surface area contributed by atoms with Gasteiger partial charge in [0, 0.05) is 25.1 Å². The second-order valence-electron chi connectivity index (χ2n) is 4.88. The molecule has 3 rings (SSSR count). The zero-order chi connectivity index (χ0) is 14.1. The third-order valence-corrected chi connectivity index (χ3v) is 3.53. The first-order chi connectivity index (χ1) is 9.65. The van der Waals surface area contributed by atoms with Crippen molar-refractivity contribution < 1.29 is 9.21 Å². The van der Waals surface area contributed by atoms with Crippen molar-refractivity contribution in [2.24, 2.45) is 0 Å². The molecule has 1 N–H and O–H groups in total. The maximum absolute atomic E-state index is 12.3. The molecule has 20 heavy (non-hydrogen) atoms. The molecule has 0 fully saturated rings. The Bertz CT molecular complexity index is 688. The Morgan fingerprint density at radius 3 is 2.95 bits per heavy atom. The van der Waals surface area contributed by atoms with E-state index in [0.717, 1.165) is 5.69 Å². The van der Waals surface area contributed by atoms with Crippen LogP contribution in [0.3, 0.4) is 0 Å². The van der Waals surface area contributed by atoms with Crippen LogP contribution in [0.25, 0.3) is 0 Å². The summed E-state index contributed by atoms with van der Waals surface area (Å²) in [4.78, 5) is 33.0. The molecule has 3 heterocycles. The maximum Gasteiger partial charge on any atom is 0.257 e. The summed E-state index contributed by atoms with van der Waals surface area (Å²) in [7, 11) is 0. The number of furan rings is 1. The molecule has 0 aliphatic carbocycles. The number of rotatable bonds is 1. The Morgan fingerprint density at radius 1 is 1.40 bits per heavy atom. The topological polar surface area (TPSA) is 79.2 Å². The molecule has 1 amide bonds. The normalized spacial score (nSPS) is 14.8. The number of H-pyrrole nitrogens is 1. The third-order valence-electron chi connectivity index (χ3n) is 3.53. The van der Waals surface area contributed by atoms with Crippen LogP contribution in [0.2, 0.25) is 0 Å². The maximum atomic E-state index is 12.3. The van der Waals surface area contributed by atoms with Gasteiger partial charge >= 0.3 is 0 Å². The average Bonchev–Trinajstić information content (AvgIpc) is 2.85. The zero-order valence-electron chi connectivity index (χ0n) is 11.2. The van der Waals surface area contributed by atoms with Gasteiger partial charge in [0.25, 0.3) is 11.5 Å². The SMILES string of the molecule is Cc1nc2c(c(=O)[nH]1)CCN(C(=O)c1ccoc1)CC2. The van der Waals surface area contributed by atoms with Crippen LogP contribution in [-0.4, -0.2) is 33.9 Å². The summed E-state index contributed by atoms with van der Waals surface area (Å²) < 4.78 is 4.94. The van der Waals surface area contributed by atoms with Gasteiger partial charge in [-0.15, -0.1) is 0 Å². The zero-order valence-corrected chi connectivity index (χ0v) is 11.2. The van der Waals surface area contributed by atoms with Crippen LogP contribution in [0, 0.1) is 6.92 Å². The second kappa shape index (κ2) is 4.96. The summed E-state index contributed by atoms with van der Waals surface area (Å²) >= 11 is 0. The molecule has 1 aliphatic rings. The van der Waals surface area contributed by atoms with Crippen molar-refractivity contribution >= 4 is 5.91 Å². The number of carbonyl (C=O) groups excluding carboxylic acids is 1. The molecule has 2 aromatic rings. The fourth-order valence-corrected chi connectivity index (χ4v) is 2.50. The van der Waals surface area contributed by atoms with E-state index in [1.54, 1.807) is 17.9 Å². The van der Waals surface area contributed by atoms with Gasteiger partial charge in [-0.05, 0) is 19.4 Å². The van der Waals surface area contributed by atoms with Gasteiger partial charge in [-0.1, -0.05) is 0 Å². The number of fused-ring (bicyclic) bond motifs is 1. The number of hydrogen-bond donors (Lipinski definition) is 1. The Hall–Kier alpha value is -2.37. The van der Waals surface area contributed by atoms with Gasteiger partial charge in [0.1, 0.15) is 12.1 Å². The van der Waals surface area contributed by atoms with Crippen LogP contribution < -0.4 is 5.56 Å². The van der Waals surface area contributed by atoms with Crippen LogP contribution in [-0.2, 0) is 12.8 Å². The predicted molar refractivity (Wildman–Crippen MR) is 71.6 cm³/mol. The highest BCUT2D eigenvalue weighted by molar-refractivity contribution is 5.93. The highest BCUT2D eigenvalue weighted by Gasteiger charge is 2.22. The summed E-state index contributed by atoms with van der Waals surface area (Å²) in [6, 6.07) is 1.65. The first-order valence-corrected chi connectivity index (χ1v) is 6.55. The monoisotopic (exact) mass is 273 g/mol. The van der Waals surface area contributed by atoms with Crippen molar-refractivity contribution in [3.63, 3.8) is 0 Å². The molecular weight excluding hydrogens is 258 g/mol. The largest absolute Gasteiger partial charge is 0.472 e. The number of nitrogens with one attached hydrogen (secondary N) is 1. The molecule has 2 aromatic heterocycles. The molecule has 0 atom stereocenters. The van der Waals surface area contributed by atoms with Gasteiger partial charge < -0.3 is 14.3 Å². The lowest BCUT2D eigenvalue weighted by Gasteiger charge is -2.18. The van der Waals surface area contributed by atoms with Gasteiger partial charge in [-0.25, -0.2) is 4.98 Å². The molecule has 0 spiro atoms. The van der Waals surface area contributed by atoms with Crippen molar-refractivity contribution in [2.45, 2.75) is 19.8 Å². The van der Waals surface area contributed by atoms with Crippen LogP contribution in [0.5, 0.6) is 0 Å². The van der Waals surface area contributed by atoms with E-state index in [2.05, 4.69) is 9.97 Å². The standard InChI is InChI=1S/C14H15N3O3/c1-9-15-12-3-6-17(5-2-11(12)13(18)16-9)14(19)10-4-7-20-8-10/h4,7-8H,2-3,5-6H2,1H3,(H,15,16,18). The van der Waals surface area contributed by atoms with Gasteiger partial charge in [0.05, 0.1) is 17.5 Å². The number of nitrogens with zero attached hydrogens (tertiary/aromatic N) is 2. The molecule has 0 aromatic carbocycles. The Morgan fingerprint density at radius 2 is 2.20 bits per heavy atom. The van der Waals surface area contributed by atoms with Crippen molar-refractivity contribution in [1.82, 2.24) is 14.9 Å². The first-order valence-electron chi connectivity index (χ1n) is 6.55. The van der Waals surface area contributed by atoms with Crippen molar-refractivity contribution in [2.75, 3.05) is 13.1 Å². The van der Waals surface area contributed by atoms with Crippen LogP contribution >= 0.6 is 0 Å². The highest BCUT2D eigenvalue weighted by Crippen LogP contribution is 2.13. The van der Waals surface area contributed by atoms with E-state index >= 15 is 0 Å². The molecule has 0 radical (unpaired) electrons. The fourth-order valence-electron chi connectivity index (χ4n) is 2.50. The number of aromatic amines is 1. The summed E-state index contributed by atoms with van der Waals surface area (Å²) in [5.41, 5.74) is 1.94. The fraction of sp³-hybridized carbons (Fsp3) is 0.357. The van der Waals surface area contributed by atoms with E-state index in [1.807, 2.05) is 0 Å². The Kier molecular flexibility index (Phi) is 3.14. The van der Waals surface area contributed by atoms with E-state index in [9.17, 15) is 9.59 Å². The molecule has 0 bridgehead atoms. The lowest BCUT2D eigenvalue weighted by molar-refractivity contribution is 0.0762. The number of carbonyl (C=O) groups is 1. The summed E-state index contributed by atoms with van der Waals surface area (Å²) in [6.07, 6.45) is 4.05. The number of aromatic nitrogens is 2. The van der Waals surface area contributed by atoms with E-state index in [0.29, 0.717) is 42.9 Å². The van der Waals surface area contributed by atoms with Crippen LogP contribution in [0.4, 0.5) is 0 Å². The number of hydrogen-bond acceptors (Lipinski definition) is 4. The smallest absolute Gasteiger partial charge is 0.257 e. The minimum Gasteiger partial charge on any atom is -0.472 e. The van der Waals surface area contributed by atoms with E-state index in [1.165, 1.54) is 12.5 Å². The molecule has 0 saturated carbocycles. The quantitative estimate of drug-likeness (QED) is 0.837. The minimum atomic E-state index is -0.0925. The second-order valence-corrected chi connectivity index (χ2v) is 4.88. The molecule has 6 heteroatoms. The molecule has 0 unspecified atom stereocenters. The third kappa shape index (κ3) is 2.24. The number of aryl methyl sites for hydroxylation is 1. The van der Waals surface area contributed by atoms with Crippen molar-refractivity contribution in [3.8, 4) is 0 Å². The average molecular weight is 273 g/mol.